The Balaban J connectivity index is 1.67. The van der Waals surface area contributed by atoms with Gasteiger partial charge in [0.25, 0.3) is 0 Å². The number of rotatable bonds is 6. The molecular formula is C30H37ClN2O5. The van der Waals surface area contributed by atoms with Crippen molar-refractivity contribution in [3.63, 3.8) is 0 Å². The summed E-state index contributed by atoms with van der Waals surface area (Å²) in [4.78, 5) is 41.8. The second kappa shape index (κ2) is 11.8. The highest BCUT2D eigenvalue weighted by Crippen LogP contribution is 2.41. The van der Waals surface area contributed by atoms with Gasteiger partial charge in [-0.2, -0.15) is 0 Å². The fourth-order valence-electron chi connectivity index (χ4n) is 5.88. The highest BCUT2D eigenvalue weighted by atomic mass is 35.5. The third-order valence-corrected chi connectivity index (χ3v) is 7.94. The summed E-state index contributed by atoms with van der Waals surface area (Å²) >= 11 is 6.50. The SMILES string of the molecule is Cc1ccc(C2CN(CC(=O)N3CCC(OC(=O)O)CC3)C(=O)C(CC(C)C)c3ccc(Cl)cc32)c(C)c1. The first-order chi connectivity index (χ1) is 18.0. The van der Waals surface area contributed by atoms with E-state index in [0.717, 1.165) is 22.3 Å². The van der Waals surface area contributed by atoms with E-state index >= 15 is 0 Å². The van der Waals surface area contributed by atoms with Gasteiger partial charge in [-0.1, -0.05) is 55.3 Å². The van der Waals surface area contributed by atoms with Crippen LogP contribution in [0, 0.1) is 19.8 Å². The van der Waals surface area contributed by atoms with Crippen molar-refractivity contribution >= 4 is 29.6 Å². The number of ether oxygens (including phenoxy) is 1. The molecule has 2 atom stereocenters. The maximum absolute atomic E-state index is 14.1. The third-order valence-electron chi connectivity index (χ3n) is 7.71. The Bertz CT molecular complexity index is 1210. The minimum Gasteiger partial charge on any atom is -0.450 e. The number of fused-ring (bicyclic) bond motifs is 1. The summed E-state index contributed by atoms with van der Waals surface area (Å²) in [6.07, 6.45) is -0.109. The number of likely N-dealkylation sites (tertiary alicyclic amines) is 1. The van der Waals surface area contributed by atoms with E-state index in [1.807, 2.05) is 18.2 Å². The topological polar surface area (TPSA) is 87.2 Å². The van der Waals surface area contributed by atoms with Gasteiger partial charge in [-0.25, -0.2) is 4.79 Å². The molecule has 0 spiro atoms. The molecule has 0 saturated carbocycles. The summed E-state index contributed by atoms with van der Waals surface area (Å²) in [5.74, 6) is -0.352. The van der Waals surface area contributed by atoms with E-state index in [1.165, 1.54) is 5.56 Å². The van der Waals surface area contributed by atoms with E-state index < -0.39 is 12.3 Å². The molecule has 1 N–H and O–H groups in total. The average Bonchev–Trinajstić information content (AvgIpc) is 2.94. The second-order valence-electron chi connectivity index (χ2n) is 11.1. The molecule has 2 heterocycles. The number of carbonyl (C=O) groups excluding carboxylic acids is 2. The quantitative estimate of drug-likeness (QED) is 0.472. The minimum atomic E-state index is -1.29. The van der Waals surface area contributed by atoms with Crippen molar-refractivity contribution in [2.24, 2.45) is 5.92 Å². The van der Waals surface area contributed by atoms with Crippen molar-refractivity contribution in [2.45, 2.75) is 64.9 Å². The first-order valence-electron chi connectivity index (χ1n) is 13.4. The summed E-state index contributed by atoms with van der Waals surface area (Å²) in [7, 11) is 0. The van der Waals surface area contributed by atoms with Crippen LogP contribution < -0.4 is 0 Å². The maximum atomic E-state index is 14.1. The summed E-state index contributed by atoms with van der Waals surface area (Å²) in [5.41, 5.74) is 5.47. The summed E-state index contributed by atoms with van der Waals surface area (Å²) < 4.78 is 4.89. The van der Waals surface area contributed by atoms with Crippen LogP contribution in [0.15, 0.2) is 36.4 Å². The predicted octanol–water partition coefficient (Wildman–Crippen LogP) is 5.75. The molecule has 0 bridgehead atoms. The van der Waals surface area contributed by atoms with Crippen LogP contribution in [0.2, 0.25) is 5.02 Å². The molecule has 7 nitrogen and oxygen atoms in total. The molecule has 1 saturated heterocycles. The maximum Gasteiger partial charge on any atom is 0.506 e. The zero-order chi connectivity index (χ0) is 27.6. The van der Waals surface area contributed by atoms with Gasteiger partial charge in [0.1, 0.15) is 6.10 Å². The molecule has 2 aliphatic heterocycles. The fraction of sp³-hybridized carbons (Fsp3) is 0.500. The summed E-state index contributed by atoms with van der Waals surface area (Å²) in [5, 5.41) is 9.52. The van der Waals surface area contributed by atoms with Crippen LogP contribution in [0.4, 0.5) is 4.79 Å². The largest absolute Gasteiger partial charge is 0.506 e. The zero-order valence-electron chi connectivity index (χ0n) is 22.6. The van der Waals surface area contributed by atoms with Crippen LogP contribution in [0.25, 0.3) is 0 Å². The molecule has 1 fully saturated rings. The van der Waals surface area contributed by atoms with E-state index in [4.69, 9.17) is 21.4 Å². The van der Waals surface area contributed by atoms with Gasteiger partial charge in [-0.15, -0.1) is 0 Å². The fourth-order valence-corrected chi connectivity index (χ4v) is 6.06. The number of carbonyl (C=O) groups is 3. The van der Waals surface area contributed by atoms with Gasteiger partial charge in [0.05, 0.1) is 12.5 Å². The van der Waals surface area contributed by atoms with Gasteiger partial charge in [0.2, 0.25) is 11.8 Å². The molecule has 2 aromatic rings. The summed E-state index contributed by atoms with van der Waals surface area (Å²) in [6.45, 7) is 9.55. The highest BCUT2D eigenvalue weighted by molar-refractivity contribution is 6.30. The predicted molar refractivity (Wildman–Crippen MR) is 147 cm³/mol. The molecule has 0 aliphatic carbocycles. The average molecular weight is 541 g/mol. The Morgan fingerprint density at radius 2 is 1.74 bits per heavy atom. The minimum absolute atomic E-state index is 0.0129. The molecule has 2 amide bonds. The molecule has 4 rings (SSSR count). The first kappa shape index (κ1) is 28.0. The number of piperidine rings is 1. The van der Waals surface area contributed by atoms with E-state index in [9.17, 15) is 14.4 Å². The Hall–Kier alpha value is -3.06. The lowest BCUT2D eigenvalue weighted by molar-refractivity contribution is -0.142. The van der Waals surface area contributed by atoms with E-state index in [-0.39, 0.29) is 36.1 Å². The number of amides is 2. The Kier molecular flexibility index (Phi) is 8.66. The van der Waals surface area contributed by atoms with Crippen LogP contribution in [0.1, 0.15) is 72.8 Å². The van der Waals surface area contributed by atoms with Gasteiger partial charge in [-0.05, 0) is 60.6 Å². The Morgan fingerprint density at radius 3 is 2.37 bits per heavy atom. The van der Waals surface area contributed by atoms with Crippen molar-refractivity contribution in [2.75, 3.05) is 26.2 Å². The number of aryl methyl sites for hydroxylation is 2. The van der Waals surface area contributed by atoms with Crippen LogP contribution in [0.3, 0.4) is 0 Å². The molecule has 204 valence electrons. The van der Waals surface area contributed by atoms with Crippen LogP contribution >= 0.6 is 11.6 Å². The molecule has 0 aromatic heterocycles. The van der Waals surface area contributed by atoms with Gasteiger partial charge in [0, 0.05) is 43.4 Å². The van der Waals surface area contributed by atoms with Crippen LogP contribution in [-0.4, -0.2) is 65.2 Å². The molecule has 38 heavy (non-hydrogen) atoms. The molecule has 2 unspecified atom stereocenters. The number of carboxylic acid groups (broad SMARTS) is 1. The van der Waals surface area contributed by atoms with Crippen LogP contribution in [0.5, 0.6) is 0 Å². The van der Waals surface area contributed by atoms with E-state index in [1.54, 1.807) is 9.80 Å². The normalized spacial score (nSPS) is 20.3. The van der Waals surface area contributed by atoms with Gasteiger partial charge in [-0.3, -0.25) is 9.59 Å². The molecule has 0 radical (unpaired) electrons. The number of benzene rings is 2. The van der Waals surface area contributed by atoms with Crippen LogP contribution in [-0.2, 0) is 14.3 Å². The Morgan fingerprint density at radius 1 is 1.05 bits per heavy atom. The van der Waals surface area contributed by atoms with Crippen molar-refractivity contribution in [1.29, 1.82) is 0 Å². The van der Waals surface area contributed by atoms with Crippen molar-refractivity contribution in [3.05, 3.63) is 69.2 Å². The second-order valence-corrected chi connectivity index (χ2v) is 11.5. The van der Waals surface area contributed by atoms with Crippen molar-refractivity contribution in [3.8, 4) is 0 Å². The highest BCUT2D eigenvalue weighted by Gasteiger charge is 2.38. The molecule has 2 aliphatic rings. The molecule has 2 aromatic carbocycles. The lowest BCUT2D eigenvalue weighted by atomic mass is 9.81. The number of hydrogen-bond acceptors (Lipinski definition) is 4. The number of hydrogen-bond donors (Lipinski definition) is 1. The Labute approximate surface area is 229 Å². The lowest BCUT2D eigenvalue weighted by Crippen LogP contribution is -2.48. The van der Waals surface area contributed by atoms with Gasteiger partial charge < -0.3 is 19.6 Å². The van der Waals surface area contributed by atoms with Crippen molar-refractivity contribution < 1.29 is 24.2 Å². The zero-order valence-corrected chi connectivity index (χ0v) is 23.3. The lowest BCUT2D eigenvalue weighted by Gasteiger charge is -2.34. The number of halogens is 1. The smallest absolute Gasteiger partial charge is 0.450 e. The van der Waals surface area contributed by atoms with E-state index in [0.29, 0.717) is 43.9 Å². The first-order valence-corrected chi connectivity index (χ1v) is 13.7. The number of nitrogens with zero attached hydrogens (tertiary/aromatic N) is 2. The van der Waals surface area contributed by atoms with Gasteiger partial charge in [0.15, 0.2) is 0 Å². The monoisotopic (exact) mass is 540 g/mol. The van der Waals surface area contributed by atoms with Crippen molar-refractivity contribution in [1.82, 2.24) is 9.80 Å². The standard InChI is InChI=1S/C30H37ClN2O5/c1-18(2)13-26-24-8-6-21(31)15-25(24)27(23-7-5-19(3)14-20(23)4)16-33(29(26)35)17-28(34)32-11-9-22(10-12-32)38-30(36)37/h5-8,14-15,18,22,26-27H,9-13,16-17H2,1-4H3,(H,36,37). The summed E-state index contributed by atoms with van der Waals surface area (Å²) in [6, 6.07) is 12.2. The molecule has 8 heteroatoms. The van der Waals surface area contributed by atoms with E-state index in [2.05, 4.69) is 45.9 Å². The molecular weight excluding hydrogens is 504 g/mol. The third kappa shape index (κ3) is 6.32. The van der Waals surface area contributed by atoms with Gasteiger partial charge >= 0.3 is 6.16 Å².